The normalized spacial score (nSPS) is 13.7. The van der Waals surface area contributed by atoms with Crippen LogP contribution in [0.1, 0.15) is 11.7 Å². The first kappa shape index (κ1) is 11.7. The summed E-state index contributed by atoms with van der Waals surface area (Å²) in [5.74, 6) is 4.89. The second kappa shape index (κ2) is 4.45. The van der Waals surface area contributed by atoms with E-state index in [4.69, 9.17) is 10.6 Å². The van der Waals surface area contributed by atoms with Crippen LogP contribution >= 0.6 is 0 Å². The highest BCUT2D eigenvalue weighted by Gasteiger charge is 2.42. The number of pyridine rings is 1. The van der Waals surface area contributed by atoms with Gasteiger partial charge in [-0.05, 0) is 12.1 Å². The third-order valence-electron chi connectivity index (χ3n) is 1.79. The SMILES string of the molecule is COc1cccnc1C(NN)C(F)(F)F. The largest absolute Gasteiger partial charge is 0.495 e. The van der Waals surface area contributed by atoms with Crippen molar-refractivity contribution in [2.45, 2.75) is 12.2 Å². The molecular weight excluding hydrogens is 211 g/mol. The van der Waals surface area contributed by atoms with Gasteiger partial charge in [0.15, 0.2) is 6.04 Å². The molecule has 0 spiro atoms. The van der Waals surface area contributed by atoms with E-state index in [0.29, 0.717) is 0 Å². The van der Waals surface area contributed by atoms with E-state index in [0.717, 1.165) is 0 Å². The second-order valence-electron chi connectivity index (χ2n) is 2.73. The van der Waals surface area contributed by atoms with E-state index < -0.39 is 12.2 Å². The highest BCUT2D eigenvalue weighted by molar-refractivity contribution is 5.30. The van der Waals surface area contributed by atoms with Gasteiger partial charge in [-0.1, -0.05) is 0 Å². The maximum Gasteiger partial charge on any atom is 0.410 e. The lowest BCUT2D eigenvalue weighted by atomic mass is 10.1. The average molecular weight is 221 g/mol. The molecule has 0 aliphatic rings. The van der Waals surface area contributed by atoms with Gasteiger partial charge in [0.25, 0.3) is 0 Å². The van der Waals surface area contributed by atoms with E-state index in [1.807, 2.05) is 0 Å². The van der Waals surface area contributed by atoms with Crippen LogP contribution in [0.15, 0.2) is 18.3 Å². The molecule has 84 valence electrons. The standard InChI is InChI=1S/C8H10F3N3O/c1-15-5-3-2-4-13-6(5)7(14-12)8(9,10)11/h2-4,7,14H,12H2,1H3. The zero-order chi connectivity index (χ0) is 11.5. The van der Waals surface area contributed by atoms with Crippen LogP contribution in [0.2, 0.25) is 0 Å². The number of rotatable bonds is 3. The van der Waals surface area contributed by atoms with Crippen molar-refractivity contribution in [2.24, 2.45) is 5.84 Å². The number of methoxy groups -OCH3 is 1. The number of nitrogens with two attached hydrogens (primary N) is 1. The van der Waals surface area contributed by atoms with Gasteiger partial charge < -0.3 is 4.74 Å². The van der Waals surface area contributed by atoms with E-state index in [-0.39, 0.29) is 11.4 Å². The van der Waals surface area contributed by atoms with Gasteiger partial charge in [0.1, 0.15) is 11.4 Å². The summed E-state index contributed by atoms with van der Waals surface area (Å²) in [6.07, 6.45) is -3.27. The summed E-state index contributed by atoms with van der Waals surface area (Å²) in [5, 5.41) is 0. The summed E-state index contributed by atoms with van der Waals surface area (Å²) in [5.41, 5.74) is 1.38. The summed E-state index contributed by atoms with van der Waals surface area (Å²) in [6.45, 7) is 0. The summed E-state index contributed by atoms with van der Waals surface area (Å²) < 4.78 is 42.2. The quantitative estimate of drug-likeness (QED) is 0.594. The number of alkyl halides is 3. The van der Waals surface area contributed by atoms with E-state index in [1.54, 1.807) is 5.43 Å². The number of nitrogens with zero attached hydrogens (tertiary/aromatic N) is 1. The Morgan fingerprint density at radius 1 is 1.53 bits per heavy atom. The monoisotopic (exact) mass is 221 g/mol. The van der Waals surface area contributed by atoms with Crippen molar-refractivity contribution in [3.8, 4) is 5.75 Å². The molecule has 15 heavy (non-hydrogen) atoms. The molecule has 0 radical (unpaired) electrons. The van der Waals surface area contributed by atoms with E-state index in [1.165, 1.54) is 25.4 Å². The third-order valence-corrected chi connectivity index (χ3v) is 1.79. The van der Waals surface area contributed by atoms with E-state index in [9.17, 15) is 13.2 Å². The molecule has 0 aliphatic carbocycles. The lowest BCUT2D eigenvalue weighted by molar-refractivity contribution is -0.159. The van der Waals surface area contributed by atoms with Crippen LogP contribution in [0, 0.1) is 0 Å². The Bertz CT molecular complexity index is 329. The zero-order valence-corrected chi connectivity index (χ0v) is 7.88. The fourth-order valence-corrected chi connectivity index (χ4v) is 1.12. The average Bonchev–Trinajstić information content (AvgIpc) is 2.17. The topological polar surface area (TPSA) is 60.2 Å². The molecule has 0 aliphatic heterocycles. The number of hydrazine groups is 1. The Kier molecular flexibility index (Phi) is 3.48. The fourth-order valence-electron chi connectivity index (χ4n) is 1.12. The third kappa shape index (κ3) is 2.57. The molecule has 3 N–H and O–H groups in total. The van der Waals surface area contributed by atoms with E-state index in [2.05, 4.69) is 4.98 Å². The molecule has 0 fully saturated rings. The minimum atomic E-state index is -4.52. The zero-order valence-electron chi connectivity index (χ0n) is 7.88. The second-order valence-corrected chi connectivity index (χ2v) is 2.73. The first-order chi connectivity index (χ1) is 7.00. The van der Waals surface area contributed by atoms with Gasteiger partial charge in [-0.15, -0.1) is 0 Å². The number of hydrogen-bond acceptors (Lipinski definition) is 4. The lowest BCUT2D eigenvalue weighted by Gasteiger charge is -2.20. The van der Waals surface area contributed by atoms with Gasteiger partial charge in [-0.25, -0.2) is 5.43 Å². The van der Waals surface area contributed by atoms with Gasteiger partial charge in [-0.3, -0.25) is 10.8 Å². The van der Waals surface area contributed by atoms with Gasteiger partial charge in [0.05, 0.1) is 7.11 Å². The Morgan fingerprint density at radius 3 is 2.67 bits per heavy atom. The molecule has 1 atom stereocenters. The Hall–Kier alpha value is -1.34. The first-order valence-corrected chi connectivity index (χ1v) is 4.02. The number of ether oxygens (including phenoxy) is 1. The van der Waals surface area contributed by atoms with Crippen LogP contribution in [-0.4, -0.2) is 18.3 Å². The number of aromatic nitrogens is 1. The molecule has 1 unspecified atom stereocenters. The Balaban J connectivity index is 3.12. The maximum atomic E-state index is 12.5. The number of nitrogens with one attached hydrogen (secondary N) is 1. The summed E-state index contributed by atoms with van der Waals surface area (Å²) in [7, 11) is 1.27. The molecule has 4 nitrogen and oxygen atoms in total. The van der Waals surface area contributed by atoms with Crippen LogP contribution in [-0.2, 0) is 0 Å². The van der Waals surface area contributed by atoms with Gasteiger partial charge in [-0.2, -0.15) is 13.2 Å². The molecule has 0 aromatic carbocycles. The van der Waals surface area contributed by atoms with Crippen molar-refractivity contribution in [3.63, 3.8) is 0 Å². The minimum absolute atomic E-state index is 0.0396. The number of hydrogen-bond donors (Lipinski definition) is 2. The highest BCUT2D eigenvalue weighted by atomic mass is 19.4. The van der Waals surface area contributed by atoms with Crippen molar-refractivity contribution in [2.75, 3.05) is 7.11 Å². The molecule has 0 saturated carbocycles. The van der Waals surface area contributed by atoms with Crippen molar-refractivity contribution >= 4 is 0 Å². The Labute approximate surface area is 84.2 Å². The van der Waals surface area contributed by atoms with Crippen LogP contribution in [0.4, 0.5) is 13.2 Å². The molecular formula is C8H10F3N3O. The number of halogens is 3. The van der Waals surface area contributed by atoms with Crippen LogP contribution in [0.25, 0.3) is 0 Å². The summed E-state index contributed by atoms with van der Waals surface area (Å²) in [4.78, 5) is 3.60. The van der Waals surface area contributed by atoms with Gasteiger partial charge in [0, 0.05) is 6.20 Å². The minimum Gasteiger partial charge on any atom is -0.495 e. The molecule has 1 heterocycles. The lowest BCUT2D eigenvalue weighted by Crippen LogP contribution is -2.39. The maximum absolute atomic E-state index is 12.5. The smallest absolute Gasteiger partial charge is 0.410 e. The van der Waals surface area contributed by atoms with Crippen molar-refractivity contribution in [1.82, 2.24) is 10.4 Å². The summed E-state index contributed by atoms with van der Waals surface area (Å²) >= 11 is 0. The molecule has 1 rings (SSSR count). The summed E-state index contributed by atoms with van der Waals surface area (Å²) in [6, 6.07) is 0.832. The molecule has 1 aromatic rings. The Morgan fingerprint density at radius 2 is 2.20 bits per heavy atom. The van der Waals surface area contributed by atoms with Gasteiger partial charge >= 0.3 is 6.18 Å². The molecule has 1 aromatic heterocycles. The van der Waals surface area contributed by atoms with Crippen molar-refractivity contribution in [1.29, 1.82) is 0 Å². The van der Waals surface area contributed by atoms with Crippen LogP contribution in [0.5, 0.6) is 5.75 Å². The van der Waals surface area contributed by atoms with E-state index >= 15 is 0 Å². The molecule has 7 heteroatoms. The fraction of sp³-hybridized carbons (Fsp3) is 0.375. The van der Waals surface area contributed by atoms with Gasteiger partial charge in [0.2, 0.25) is 0 Å². The molecule has 0 bridgehead atoms. The molecule has 0 amide bonds. The first-order valence-electron chi connectivity index (χ1n) is 4.02. The van der Waals surface area contributed by atoms with Crippen molar-refractivity contribution in [3.05, 3.63) is 24.0 Å². The highest BCUT2D eigenvalue weighted by Crippen LogP contribution is 2.34. The van der Waals surface area contributed by atoms with Crippen molar-refractivity contribution < 1.29 is 17.9 Å². The predicted octanol–water partition coefficient (Wildman–Crippen LogP) is 1.16. The molecule has 0 saturated heterocycles. The van der Waals surface area contributed by atoms with Crippen LogP contribution in [0.3, 0.4) is 0 Å². The predicted molar refractivity (Wildman–Crippen MR) is 46.9 cm³/mol. The van der Waals surface area contributed by atoms with Crippen LogP contribution < -0.4 is 16.0 Å².